The third-order valence-electron chi connectivity index (χ3n) is 2.78. The number of carboxylic acid groups (broad SMARTS) is 1. The number of halogens is 3. The van der Waals surface area contributed by atoms with Gasteiger partial charge in [-0.3, -0.25) is 4.79 Å². The molecule has 0 saturated carbocycles. The normalized spacial score (nSPS) is 11.0. The lowest BCUT2D eigenvalue weighted by atomic mass is 10.2. The minimum atomic E-state index is -3.05. The van der Waals surface area contributed by atoms with Crippen LogP contribution in [0.25, 0.3) is 0 Å². The van der Waals surface area contributed by atoms with Gasteiger partial charge in [-0.25, -0.2) is 9.07 Å². The molecule has 7 nitrogen and oxygen atoms in total. The average Bonchev–Trinajstić information content (AvgIpc) is 2.88. The predicted molar refractivity (Wildman–Crippen MR) is 71.2 cm³/mol. The summed E-state index contributed by atoms with van der Waals surface area (Å²) in [7, 11) is 0. The summed E-state index contributed by atoms with van der Waals surface area (Å²) in [5, 5.41) is 18.8. The molecule has 2 rings (SSSR count). The Morgan fingerprint density at radius 1 is 1.39 bits per heavy atom. The van der Waals surface area contributed by atoms with Gasteiger partial charge in [0.2, 0.25) is 0 Å². The summed E-state index contributed by atoms with van der Waals surface area (Å²) < 4.78 is 43.7. The number of benzene rings is 1. The first kappa shape index (κ1) is 16.7. The Bertz CT molecular complexity index is 678. The zero-order valence-electron chi connectivity index (χ0n) is 11.7. The van der Waals surface area contributed by atoms with E-state index in [1.807, 2.05) is 0 Å². The quantitative estimate of drug-likeness (QED) is 0.760. The van der Waals surface area contributed by atoms with Gasteiger partial charge < -0.3 is 15.2 Å². The summed E-state index contributed by atoms with van der Waals surface area (Å²) in [4.78, 5) is 10.5. The zero-order valence-corrected chi connectivity index (χ0v) is 11.7. The molecule has 124 valence electrons. The number of hydrogen-bond acceptors (Lipinski definition) is 5. The molecule has 0 aliphatic heterocycles. The highest BCUT2D eigenvalue weighted by Gasteiger charge is 2.13. The standard InChI is InChI=1S/C13H13F3N4O3/c14-10-2-1-3-11(23-13(15)16)9(10)5-17-4-8-6-20(19-18-8)7-12(21)22/h1-3,6,13,17H,4-5,7H2,(H,21,22). The maximum atomic E-state index is 13.7. The number of aliphatic carboxylic acids is 1. The number of hydrogen-bond donors (Lipinski definition) is 2. The first-order valence-corrected chi connectivity index (χ1v) is 6.49. The number of rotatable bonds is 8. The van der Waals surface area contributed by atoms with Crippen LogP contribution in [-0.2, 0) is 24.4 Å². The van der Waals surface area contributed by atoms with Gasteiger partial charge in [-0.2, -0.15) is 8.78 Å². The Kier molecular flexibility index (Phi) is 5.52. The van der Waals surface area contributed by atoms with Crippen molar-refractivity contribution < 1.29 is 27.8 Å². The van der Waals surface area contributed by atoms with E-state index in [0.717, 1.165) is 10.7 Å². The average molecular weight is 330 g/mol. The molecular formula is C13H13F3N4O3. The molecule has 10 heteroatoms. The Morgan fingerprint density at radius 2 is 2.17 bits per heavy atom. The largest absolute Gasteiger partial charge is 0.480 e. The number of nitrogens with zero attached hydrogens (tertiary/aromatic N) is 3. The van der Waals surface area contributed by atoms with Crippen LogP contribution in [0.3, 0.4) is 0 Å². The van der Waals surface area contributed by atoms with Crippen LogP contribution >= 0.6 is 0 Å². The van der Waals surface area contributed by atoms with Crippen molar-refractivity contribution in [2.45, 2.75) is 26.2 Å². The van der Waals surface area contributed by atoms with E-state index in [1.54, 1.807) is 0 Å². The smallest absolute Gasteiger partial charge is 0.387 e. The van der Waals surface area contributed by atoms with Crippen molar-refractivity contribution in [2.75, 3.05) is 0 Å². The van der Waals surface area contributed by atoms with Crippen LogP contribution in [0.15, 0.2) is 24.4 Å². The van der Waals surface area contributed by atoms with Gasteiger partial charge in [0.1, 0.15) is 18.1 Å². The topological polar surface area (TPSA) is 89.3 Å². The van der Waals surface area contributed by atoms with Crippen LogP contribution in [-0.4, -0.2) is 32.7 Å². The SMILES string of the molecule is O=C(O)Cn1cc(CNCc2c(F)cccc2OC(F)F)nn1. The molecule has 0 bridgehead atoms. The number of carbonyl (C=O) groups is 1. The molecule has 0 amide bonds. The van der Waals surface area contributed by atoms with Gasteiger partial charge >= 0.3 is 12.6 Å². The Labute approximate surface area is 128 Å². The molecule has 1 aromatic heterocycles. The second-order valence-electron chi connectivity index (χ2n) is 4.50. The van der Waals surface area contributed by atoms with Crippen molar-refractivity contribution in [2.24, 2.45) is 0 Å². The summed E-state index contributed by atoms with van der Waals surface area (Å²) in [6, 6.07) is 3.65. The monoisotopic (exact) mass is 330 g/mol. The number of carboxylic acids is 1. The maximum Gasteiger partial charge on any atom is 0.387 e. The lowest BCUT2D eigenvalue weighted by molar-refractivity contribution is -0.137. The van der Waals surface area contributed by atoms with Crippen LogP contribution < -0.4 is 10.1 Å². The van der Waals surface area contributed by atoms with Crippen LogP contribution in [0.2, 0.25) is 0 Å². The van der Waals surface area contributed by atoms with Gasteiger partial charge in [-0.1, -0.05) is 11.3 Å². The first-order valence-electron chi connectivity index (χ1n) is 6.49. The second kappa shape index (κ2) is 7.58. The Hall–Kier alpha value is -2.62. The summed E-state index contributed by atoms with van der Waals surface area (Å²) in [6.45, 7) is -3.29. The lowest BCUT2D eigenvalue weighted by Gasteiger charge is -2.11. The van der Waals surface area contributed by atoms with E-state index in [1.165, 1.54) is 18.3 Å². The number of aromatic nitrogens is 3. The molecule has 0 spiro atoms. The molecule has 0 atom stereocenters. The predicted octanol–water partition coefficient (Wildman–Crippen LogP) is 1.39. The molecule has 1 heterocycles. The Morgan fingerprint density at radius 3 is 2.87 bits per heavy atom. The zero-order chi connectivity index (χ0) is 16.8. The highest BCUT2D eigenvalue weighted by molar-refractivity contribution is 5.66. The number of nitrogens with one attached hydrogen (secondary N) is 1. The van der Waals surface area contributed by atoms with E-state index in [9.17, 15) is 18.0 Å². The van der Waals surface area contributed by atoms with Gasteiger partial charge in [0.15, 0.2) is 0 Å². The van der Waals surface area contributed by atoms with Crippen molar-refractivity contribution in [1.82, 2.24) is 20.3 Å². The number of ether oxygens (including phenoxy) is 1. The van der Waals surface area contributed by atoms with E-state index >= 15 is 0 Å². The Balaban J connectivity index is 1.96. The fourth-order valence-electron chi connectivity index (χ4n) is 1.87. The van der Waals surface area contributed by atoms with Crippen LogP contribution in [0.4, 0.5) is 13.2 Å². The molecular weight excluding hydrogens is 317 g/mol. The lowest BCUT2D eigenvalue weighted by Crippen LogP contribution is -2.16. The van der Waals surface area contributed by atoms with E-state index in [2.05, 4.69) is 20.4 Å². The molecule has 0 unspecified atom stereocenters. The molecule has 0 aliphatic rings. The third kappa shape index (κ3) is 4.95. The summed E-state index contributed by atoms with van der Waals surface area (Å²) >= 11 is 0. The molecule has 23 heavy (non-hydrogen) atoms. The minimum Gasteiger partial charge on any atom is -0.480 e. The molecule has 0 radical (unpaired) electrons. The highest BCUT2D eigenvalue weighted by Crippen LogP contribution is 2.23. The fraction of sp³-hybridized carbons (Fsp3) is 0.308. The molecule has 0 saturated heterocycles. The van der Waals surface area contributed by atoms with Crippen molar-refractivity contribution in [3.63, 3.8) is 0 Å². The van der Waals surface area contributed by atoms with Gasteiger partial charge in [0.25, 0.3) is 0 Å². The molecule has 0 fully saturated rings. The highest BCUT2D eigenvalue weighted by atomic mass is 19.3. The third-order valence-corrected chi connectivity index (χ3v) is 2.78. The van der Waals surface area contributed by atoms with Gasteiger partial charge in [0, 0.05) is 18.7 Å². The van der Waals surface area contributed by atoms with Gasteiger partial charge in [-0.15, -0.1) is 5.10 Å². The van der Waals surface area contributed by atoms with Crippen LogP contribution in [0.1, 0.15) is 11.3 Å². The van der Waals surface area contributed by atoms with Crippen molar-refractivity contribution in [3.8, 4) is 5.75 Å². The molecule has 2 N–H and O–H groups in total. The first-order chi connectivity index (χ1) is 11.0. The van der Waals surface area contributed by atoms with E-state index in [0.29, 0.717) is 5.69 Å². The summed E-state index contributed by atoms with van der Waals surface area (Å²) in [6.07, 6.45) is 1.42. The second-order valence-corrected chi connectivity index (χ2v) is 4.50. The summed E-state index contributed by atoms with van der Waals surface area (Å²) in [5.41, 5.74) is 0.393. The molecule has 2 aromatic rings. The van der Waals surface area contributed by atoms with E-state index < -0.39 is 18.4 Å². The molecule has 0 aliphatic carbocycles. The van der Waals surface area contributed by atoms with Crippen LogP contribution in [0.5, 0.6) is 5.75 Å². The van der Waals surface area contributed by atoms with E-state index in [-0.39, 0.29) is 30.9 Å². The van der Waals surface area contributed by atoms with Gasteiger partial charge in [-0.05, 0) is 12.1 Å². The van der Waals surface area contributed by atoms with E-state index in [4.69, 9.17) is 5.11 Å². The van der Waals surface area contributed by atoms with Crippen LogP contribution in [0, 0.1) is 5.82 Å². The molecule has 1 aromatic carbocycles. The van der Waals surface area contributed by atoms with Crippen molar-refractivity contribution in [1.29, 1.82) is 0 Å². The fourth-order valence-corrected chi connectivity index (χ4v) is 1.87. The van der Waals surface area contributed by atoms with Gasteiger partial charge in [0.05, 0.1) is 11.9 Å². The summed E-state index contributed by atoms with van der Waals surface area (Å²) in [5.74, 6) is -1.98. The van der Waals surface area contributed by atoms with Crippen molar-refractivity contribution >= 4 is 5.97 Å². The van der Waals surface area contributed by atoms with Crippen molar-refractivity contribution in [3.05, 3.63) is 41.5 Å². The minimum absolute atomic E-state index is 0.0364. The maximum absolute atomic E-state index is 13.7. The number of alkyl halides is 2.